The van der Waals surface area contributed by atoms with Gasteiger partial charge in [0.05, 0.1) is 52.7 Å². The Hall–Kier alpha value is -3.16. The third-order valence-electron chi connectivity index (χ3n) is 4.95. The summed E-state index contributed by atoms with van der Waals surface area (Å²) in [4.78, 5) is 30.3. The second-order valence-electron chi connectivity index (χ2n) is 7.71. The van der Waals surface area contributed by atoms with E-state index < -0.39 is 28.1 Å². The monoisotopic (exact) mass is 504 g/mol. The summed E-state index contributed by atoms with van der Waals surface area (Å²) in [5.41, 5.74) is 1.15. The summed E-state index contributed by atoms with van der Waals surface area (Å²) in [6, 6.07) is 2.14. The summed E-state index contributed by atoms with van der Waals surface area (Å²) < 4.78 is 32.4. The molecule has 0 spiro atoms. The standard InChI is InChI=1S/C21H24N6O5S2/c1-3-32-18-11-22-9-16(25-18)17-10-24-21(33-17)20(29)26-19(12(2)28)15-8-13(6-7-23-15)27-34(30,31)14-4-5-14/h6-12,14,19,28H,3-5H2,1-2H3,(H,23,27)(H,26,29)/t12-,19-/m1/s1. The van der Waals surface area contributed by atoms with Crippen LogP contribution in [0.4, 0.5) is 5.69 Å². The Morgan fingerprint density at radius 2 is 2.09 bits per heavy atom. The van der Waals surface area contributed by atoms with E-state index in [1.54, 1.807) is 6.20 Å². The van der Waals surface area contributed by atoms with Crippen LogP contribution >= 0.6 is 11.3 Å². The first-order valence-corrected chi connectivity index (χ1v) is 13.0. The number of nitrogens with zero attached hydrogens (tertiary/aromatic N) is 4. The van der Waals surface area contributed by atoms with Gasteiger partial charge in [0.15, 0.2) is 5.01 Å². The third kappa shape index (κ3) is 5.66. The first kappa shape index (κ1) is 24.0. The zero-order valence-corrected chi connectivity index (χ0v) is 20.1. The van der Waals surface area contributed by atoms with E-state index in [-0.39, 0.29) is 10.3 Å². The number of aliphatic hydroxyl groups excluding tert-OH is 1. The Labute approximate surface area is 200 Å². The lowest BCUT2D eigenvalue weighted by molar-refractivity contribution is 0.0854. The van der Waals surface area contributed by atoms with Crippen molar-refractivity contribution in [3.63, 3.8) is 0 Å². The molecule has 2 atom stereocenters. The van der Waals surface area contributed by atoms with Crippen molar-refractivity contribution in [1.29, 1.82) is 0 Å². The maximum absolute atomic E-state index is 12.9. The van der Waals surface area contributed by atoms with Crippen molar-refractivity contribution < 1.29 is 23.1 Å². The van der Waals surface area contributed by atoms with E-state index in [9.17, 15) is 18.3 Å². The summed E-state index contributed by atoms with van der Waals surface area (Å²) in [5.74, 6) is -0.140. The molecule has 0 bridgehead atoms. The highest BCUT2D eigenvalue weighted by molar-refractivity contribution is 7.93. The van der Waals surface area contributed by atoms with E-state index in [0.29, 0.717) is 47.3 Å². The number of nitrogens with one attached hydrogen (secondary N) is 2. The van der Waals surface area contributed by atoms with E-state index >= 15 is 0 Å². The predicted octanol–water partition coefficient (Wildman–Crippen LogP) is 2.15. The molecule has 180 valence electrons. The summed E-state index contributed by atoms with van der Waals surface area (Å²) >= 11 is 1.12. The Bertz CT molecular complexity index is 1280. The van der Waals surface area contributed by atoms with Crippen molar-refractivity contribution >= 4 is 33.0 Å². The van der Waals surface area contributed by atoms with Crippen LogP contribution in [0.25, 0.3) is 10.6 Å². The quantitative estimate of drug-likeness (QED) is 0.376. The zero-order chi connectivity index (χ0) is 24.3. The fourth-order valence-electron chi connectivity index (χ4n) is 3.13. The molecule has 0 radical (unpaired) electrons. The first-order chi connectivity index (χ1) is 16.3. The van der Waals surface area contributed by atoms with Gasteiger partial charge < -0.3 is 15.2 Å². The number of sulfonamides is 1. The Kier molecular flexibility index (Phi) is 7.05. The highest BCUT2D eigenvalue weighted by atomic mass is 32.2. The van der Waals surface area contributed by atoms with Crippen LogP contribution in [0.2, 0.25) is 0 Å². The van der Waals surface area contributed by atoms with Gasteiger partial charge >= 0.3 is 0 Å². The minimum absolute atomic E-state index is 0.162. The average molecular weight is 505 g/mol. The minimum Gasteiger partial charge on any atom is -0.477 e. The van der Waals surface area contributed by atoms with Gasteiger partial charge in [0.1, 0.15) is 5.69 Å². The van der Waals surface area contributed by atoms with E-state index in [0.717, 1.165) is 11.3 Å². The van der Waals surface area contributed by atoms with Crippen LogP contribution in [0.15, 0.2) is 36.9 Å². The number of hydrogen-bond acceptors (Lipinski definition) is 10. The molecule has 1 aliphatic rings. The lowest BCUT2D eigenvalue weighted by atomic mass is 10.1. The number of ether oxygens (including phenoxy) is 1. The van der Waals surface area contributed by atoms with Gasteiger partial charge in [-0.2, -0.15) is 0 Å². The second kappa shape index (κ2) is 9.99. The molecule has 1 saturated carbocycles. The molecule has 0 aliphatic heterocycles. The van der Waals surface area contributed by atoms with Gasteiger partial charge in [-0.15, -0.1) is 11.3 Å². The average Bonchev–Trinajstić information content (AvgIpc) is 3.55. The maximum atomic E-state index is 12.9. The topological polar surface area (TPSA) is 156 Å². The molecule has 1 amide bonds. The van der Waals surface area contributed by atoms with Gasteiger partial charge in [-0.25, -0.2) is 18.4 Å². The summed E-state index contributed by atoms with van der Waals surface area (Å²) in [6.07, 6.45) is 6.26. The number of rotatable bonds is 10. The molecule has 13 heteroatoms. The maximum Gasteiger partial charge on any atom is 0.280 e. The van der Waals surface area contributed by atoms with Crippen molar-refractivity contribution in [3.05, 3.63) is 47.6 Å². The van der Waals surface area contributed by atoms with Crippen LogP contribution in [-0.4, -0.2) is 57.3 Å². The molecular weight excluding hydrogens is 480 g/mol. The molecule has 3 aromatic heterocycles. The van der Waals surface area contributed by atoms with Crippen molar-refractivity contribution in [2.24, 2.45) is 0 Å². The zero-order valence-electron chi connectivity index (χ0n) is 18.5. The fraction of sp³-hybridized carbons (Fsp3) is 0.381. The molecule has 3 N–H and O–H groups in total. The molecule has 34 heavy (non-hydrogen) atoms. The Balaban J connectivity index is 1.50. The van der Waals surface area contributed by atoms with Crippen molar-refractivity contribution in [2.45, 2.75) is 44.1 Å². The number of pyridine rings is 1. The van der Waals surface area contributed by atoms with Crippen LogP contribution in [0, 0.1) is 0 Å². The number of amides is 1. The van der Waals surface area contributed by atoms with E-state index in [2.05, 4.69) is 30.0 Å². The number of thiazole rings is 1. The highest BCUT2D eigenvalue weighted by Gasteiger charge is 2.36. The van der Waals surface area contributed by atoms with Crippen molar-refractivity contribution in [1.82, 2.24) is 25.3 Å². The SMILES string of the molecule is CCOc1cncc(-c2cnc(C(=O)N[C@@H](c3cc(NS(=O)(=O)C4CC4)ccn3)[C@@H](C)O)s2)n1. The molecule has 11 nitrogen and oxygen atoms in total. The van der Waals surface area contributed by atoms with Gasteiger partial charge in [-0.1, -0.05) is 0 Å². The van der Waals surface area contributed by atoms with Gasteiger partial charge in [0.2, 0.25) is 15.9 Å². The van der Waals surface area contributed by atoms with Gasteiger partial charge in [-0.05, 0) is 38.8 Å². The van der Waals surface area contributed by atoms with E-state index in [1.165, 1.54) is 37.6 Å². The molecule has 3 aromatic rings. The fourth-order valence-corrected chi connectivity index (χ4v) is 5.29. The highest BCUT2D eigenvalue weighted by Crippen LogP contribution is 2.30. The molecule has 1 fully saturated rings. The Morgan fingerprint density at radius 3 is 2.79 bits per heavy atom. The van der Waals surface area contributed by atoms with Crippen LogP contribution in [-0.2, 0) is 10.0 Å². The molecule has 3 heterocycles. The summed E-state index contributed by atoms with van der Waals surface area (Å²) in [7, 11) is -3.46. The number of aromatic nitrogens is 4. The number of hydrogen-bond donors (Lipinski definition) is 3. The largest absolute Gasteiger partial charge is 0.477 e. The van der Waals surface area contributed by atoms with Crippen LogP contribution < -0.4 is 14.8 Å². The molecular formula is C21H24N6O5S2. The van der Waals surface area contributed by atoms with Crippen LogP contribution in [0.3, 0.4) is 0 Å². The normalized spacial score (nSPS) is 15.4. The third-order valence-corrected chi connectivity index (χ3v) is 7.84. The van der Waals surface area contributed by atoms with Gasteiger partial charge in [0, 0.05) is 12.4 Å². The summed E-state index contributed by atoms with van der Waals surface area (Å²) in [5, 5.41) is 12.8. The lowest BCUT2D eigenvalue weighted by Crippen LogP contribution is -2.35. The first-order valence-electron chi connectivity index (χ1n) is 10.6. The molecule has 0 aromatic carbocycles. The smallest absolute Gasteiger partial charge is 0.280 e. The molecule has 0 unspecified atom stereocenters. The van der Waals surface area contributed by atoms with Crippen LogP contribution in [0.1, 0.15) is 48.2 Å². The molecule has 1 aliphatic carbocycles. The molecule has 0 saturated heterocycles. The predicted molar refractivity (Wildman–Crippen MR) is 126 cm³/mol. The van der Waals surface area contributed by atoms with Gasteiger partial charge in [-0.3, -0.25) is 19.5 Å². The van der Waals surface area contributed by atoms with E-state index in [1.807, 2.05) is 6.92 Å². The number of carbonyl (C=O) groups is 1. The van der Waals surface area contributed by atoms with Crippen LogP contribution in [0.5, 0.6) is 5.88 Å². The number of aliphatic hydroxyl groups is 1. The van der Waals surface area contributed by atoms with E-state index in [4.69, 9.17) is 4.74 Å². The lowest BCUT2D eigenvalue weighted by Gasteiger charge is -2.21. The second-order valence-corrected chi connectivity index (χ2v) is 10.7. The number of carbonyl (C=O) groups excluding carboxylic acids is 1. The molecule has 4 rings (SSSR count). The minimum atomic E-state index is -3.46. The van der Waals surface area contributed by atoms with Crippen molar-refractivity contribution in [3.8, 4) is 16.5 Å². The van der Waals surface area contributed by atoms with Crippen molar-refractivity contribution in [2.75, 3.05) is 11.3 Å². The Morgan fingerprint density at radius 1 is 1.29 bits per heavy atom. The van der Waals surface area contributed by atoms with Gasteiger partial charge in [0.25, 0.3) is 5.91 Å². The summed E-state index contributed by atoms with van der Waals surface area (Å²) in [6.45, 7) is 3.80. The number of anilines is 1.